The zero-order chi connectivity index (χ0) is 14.7. The Balaban J connectivity index is 2.12. The topological polar surface area (TPSA) is 42.7 Å². The number of hydrogen-bond donors (Lipinski definition) is 1. The molecule has 1 aromatic carbocycles. The first-order valence-corrected chi connectivity index (χ1v) is 7.36. The van der Waals surface area contributed by atoms with E-state index in [1.165, 1.54) is 0 Å². The molecule has 20 heavy (non-hydrogen) atoms. The summed E-state index contributed by atoms with van der Waals surface area (Å²) in [6.45, 7) is 5.57. The molecule has 1 heterocycles. The Morgan fingerprint density at radius 1 is 1.20 bits per heavy atom. The van der Waals surface area contributed by atoms with Gasteiger partial charge in [0.25, 0.3) is 0 Å². The molecule has 0 aliphatic rings. The summed E-state index contributed by atoms with van der Waals surface area (Å²) in [6.07, 6.45) is 1.55. The van der Waals surface area contributed by atoms with Gasteiger partial charge in [-0.05, 0) is 18.1 Å². The summed E-state index contributed by atoms with van der Waals surface area (Å²) in [7, 11) is 0. The number of nitrogens with one attached hydrogen (secondary N) is 1. The van der Waals surface area contributed by atoms with E-state index in [1.807, 2.05) is 4.68 Å². The molecule has 0 fully saturated rings. The summed E-state index contributed by atoms with van der Waals surface area (Å²) in [5, 5.41) is 8.86. The highest BCUT2D eigenvalue weighted by Gasteiger charge is 2.10. The van der Waals surface area contributed by atoms with Crippen molar-refractivity contribution in [1.29, 1.82) is 0 Å². The molecule has 0 aliphatic heterocycles. The Bertz CT molecular complexity index is 572. The van der Waals surface area contributed by atoms with E-state index < -0.39 is 0 Å². The van der Waals surface area contributed by atoms with Gasteiger partial charge in [-0.15, -0.1) is 0 Å². The van der Waals surface area contributed by atoms with E-state index in [-0.39, 0.29) is 0 Å². The van der Waals surface area contributed by atoms with Gasteiger partial charge in [0.1, 0.15) is 12.2 Å². The third kappa shape index (κ3) is 3.78. The molecule has 0 spiro atoms. The second-order valence-electron chi connectivity index (χ2n) is 4.85. The van der Waals surface area contributed by atoms with Gasteiger partial charge in [-0.25, -0.2) is 9.67 Å². The molecule has 0 bridgehead atoms. The monoisotopic (exact) mass is 332 g/mol. The molecule has 108 valence electrons. The molecule has 0 atom stereocenters. The number of halogens is 3. The van der Waals surface area contributed by atoms with Crippen LogP contribution in [0.15, 0.2) is 18.5 Å². The Labute approximate surface area is 133 Å². The Hall–Kier alpha value is -0.970. The van der Waals surface area contributed by atoms with Crippen LogP contribution in [0.2, 0.25) is 15.1 Å². The van der Waals surface area contributed by atoms with Crippen molar-refractivity contribution in [1.82, 2.24) is 14.8 Å². The normalized spacial score (nSPS) is 11.1. The second kappa shape index (κ2) is 6.66. The summed E-state index contributed by atoms with van der Waals surface area (Å²) in [4.78, 5) is 4.24. The van der Waals surface area contributed by atoms with E-state index >= 15 is 0 Å². The highest BCUT2D eigenvalue weighted by molar-refractivity contribution is 6.41. The van der Waals surface area contributed by atoms with Crippen molar-refractivity contribution in [2.24, 2.45) is 5.92 Å². The molecule has 0 radical (unpaired) electrons. The van der Waals surface area contributed by atoms with E-state index in [4.69, 9.17) is 34.8 Å². The van der Waals surface area contributed by atoms with Gasteiger partial charge in [-0.3, -0.25) is 0 Å². The van der Waals surface area contributed by atoms with Crippen molar-refractivity contribution in [3.63, 3.8) is 0 Å². The Morgan fingerprint density at radius 2 is 1.85 bits per heavy atom. The molecule has 0 amide bonds. The van der Waals surface area contributed by atoms with Gasteiger partial charge in [0.2, 0.25) is 0 Å². The molecular formula is C13H15Cl3N4. The lowest BCUT2D eigenvalue weighted by Gasteiger charge is -2.12. The van der Waals surface area contributed by atoms with Crippen LogP contribution in [0.1, 0.15) is 19.7 Å². The number of aromatic nitrogens is 3. The lowest BCUT2D eigenvalue weighted by molar-refractivity contribution is 0.468. The van der Waals surface area contributed by atoms with Crippen molar-refractivity contribution in [2.45, 2.75) is 26.9 Å². The Kier molecular flexibility index (Phi) is 5.13. The first kappa shape index (κ1) is 15.4. The van der Waals surface area contributed by atoms with Crippen molar-refractivity contribution >= 4 is 40.5 Å². The first-order valence-electron chi connectivity index (χ1n) is 6.22. The molecule has 1 N–H and O–H groups in total. The fourth-order valence-electron chi connectivity index (χ4n) is 1.80. The zero-order valence-corrected chi connectivity index (χ0v) is 13.5. The summed E-state index contributed by atoms with van der Waals surface area (Å²) < 4.78 is 1.87. The molecule has 0 aliphatic carbocycles. The minimum absolute atomic E-state index is 0.484. The lowest BCUT2D eigenvalue weighted by atomic mass is 10.2. The summed E-state index contributed by atoms with van der Waals surface area (Å²) in [6, 6.07) is 3.30. The maximum Gasteiger partial charge on any atom is 0.146 e. The van der Waals surface area contributed by atoms with Crippen molar-refractivity contribution in [3.8, 4) is 0 Å². The summed E-state index contributed by atoms with van der Waals surface area (Å²) in [5.74, 6) is 1.33. The Morgan fingerprint density at radius 3 is 2.45 bits per heavy atom. The minimum Gasteiger partial charge on any atom is -0.375 e. The molecule has 7 heteroatoms. The average Bonchev–Trinajstić information content (AvgIpc) is 2.74. The van der Waals surface area contributed by atoms with Crippen molar-refractivity contribution in [2.75, 3.05) is 5.32 Å². The number of anilines is 1. The molecule has 2 rings (SSSR count). The first-order chi connectivity index (χ1) is 9.47. The number of hydrogen-bond acceptors (Lipinski definition) is 3. The van der Waals surface area contributed by atoms with Gasteiger partial charge in [0.15, 0.2) is 0 Å². The summed E-state index contributed by atoms with van der Waals surface area (Å²) in [5.41, 5.74) is 0.650. The molecule has 0 unspecified atom stereocenters. The summed E-state index contributed by atoms with van der Waals surface area (Å²) >= 11 is 18.1. The smallest absolute Gasteiger partial charge is 0.146 e. The van der Waals surface area contributed by atoms with E-state index in [1.54, 1.807) is 18.5 Å². The predicted octanol–water partition coefficient (Wildman–Crippen LogP) is 4.51. The van der Waals surface area contributed by atoms with Crippen LogP contribution >= 0.6 is 34.8 Å². The van der Waals surface area contributed by atoms with E-state index in [0.717, 1.165) is 12.4 Å². The van der Waals surface area contributed by atoms with Gasteiger partial charge in [-0.2, -0.15) is 5.10 Å². The minimum atomic E-state index is 0.484. The van der Waals surface area contributed by atoms with Crippen LogP contribution < -0.4 is 5.32 Å². The SMILES string of the molecule is CC(C)Cn1ncnc1CNc1c(Cl)cc(Cl)cc1Cl. The lowest BCUT2D eigenvalue weighted by Crippen LogP contribution is -2.13. The van der Waals surface area contributed by atoms with Crippen LogP contribution in [-0.4, -0.2) is 14.8 Å². The number of benzene rings is 1. The van der Waals surface area contributed by atoms with Crippen molar-refractivity contribution in [3.05, 3.63) is 39.4 Å². The third-order valence-corrected chi connectivity index (χ3v) is 3.48. The maximum absolute atomic E-state index is 6.12. The molecule has 0 saturated heterocycles. The largest absolute Gasteiger partial charge is 0.375 e. The molecule has 0 saturated carbocycles. The fourth-order valence-corrected chi connectivity index (χ4v) is 2.75. The van der Waals surface area contributed by atoms with Crippen LogP contribution in [0.4, 0.5) is 5.69 Å². The van der Waals surface area contributed by atoms with Gasteiger partial charge < -0.3 is 5.32 Å². The number of rotatable bonds is 5. The molecule has 4 nitrogen and oxygen atoms in total. The average molecular weight is 334 g/mol. The molecule has 1 aromatic heterocycles. The van der Waals surface area contributed by atoms with Crippen molar-refractivity contribution < 1.29 is 0 Å². The second-order valence-corrected chi connectivity index (χ2v) is 6.10. The van der Waals surface area contributed by atoms with Crippen LogP contribution in [-0.2, 0) is 13.1 Å². The molecule has 2 aromatic rings. The van der Waals surface area contributed by atoms with Gasteiger partial charge in [0.05, 0.1) is 22.3 Å². The van der Waals surface area contributed by atoms with Crippen LogP contribution in [0.3, 0.4) is 0 Å². The quantitative estimate of drug-likeness (QED) is 0.875. The van der Waals surface area contributed by atoms with Crippen LogP contribution in [0.5, 0.6) is 0 Å². The highest BCUT2D eigenvalue weighted by Crippen LogP contribution is 2.33. The third-order valence-electron chi connectivity index (χ3n) is 2.66. The fraction of sp³-hybridized carbons (Fsp3) is 0.385. The highest BCUT2D eigenvalue weighted by atomic mass is 35.5. The van der Waals surface area contributed by atoms with Crippen LogP contribution in [0.25, 0.3) is 0 Å². The van der Waals surface area contributed by atoms with Gasteiger partial charge in [0, 0.05) is 11.6 Å². The predicted molar refractivity (Wildman–Crippen MR) is 83.7 cm³/mol. The van der Waals surface area contributed by atoms with E-state index in [2.05, 4.69) is 29.2 Å². The van der Waals surface area contributed by atoms with E-state index in [0.29, 0.717) is 33.2 Å². The maximum atomic E-state index is 6.12. The van der Waals surface area contributed by atoms with E-state index in [9.17, 15) is 0 Å². The van der Waals surface area contributed by atoms with Crippen LogP contribution in [0, 0.1) is 5.92 Å². The van der Waals surface area contributed by atoms with Gasteiger partial charge in [-0.1, -0.05) is 48.7 Å². The zero-order valence-electron chi connectivity index (χ0n) is 11.2. The van der Waals surface area contributed by atoms with Gasteiger partial charge >= 0.3 is 0 Å². The number of nitrogens with zero attached hydrogens (tertiary/aromatic N) is 3. The molecular weight excluding hydrogens is 319 g/mol. The standard InChI is InChI=1S/C13H15Cl3N4/c1-8(2)6-20-12(18-7-19-20)5-17-13-10(15)3-9(14)4-11(13)16/h3-4,7-8,17H,5-6H2,1-2H3.